The van der Waals surface area contributed by atoms with Gasteiger partial charge in [-0.2, -0.15) is 0 Å². The zero-order chi connectivity index (χ0) is 21.5. The Balaban J connectivity index is 3.28. The lowest BCUT2D eigenvalue weighted by molar-refractivity contribution is -0.202. The topological polar surface area (TPSA) is 136 Å². The third kappa shape index (κ3) is 15.0. The van der Waals surface area contributed by atoms with Gasteiger partial charge in [-0.05, 0) is 0 Å². The minimum absolute atomic E-state index is 0.00303. The summed E-state index contributed by atoms with van der Waals surface area (Å²) < 4.78 is 53.4. The van der Waals surface area contributed by atoms with Crippen LogP contribution in [-0.4, -0.2) is 77.4 Å². The average molecular weight is 448 g/mol. The minimum Gasteiger partial charge on any atom is -0.778 e. The molecule has 0 radical (unpaired) electrons. The molecule has 2 atom stereocenters. The third-order valence-corrected chi connectivity index (χ3v) is 6.99. The zero-order valence-corrected chi connectivity index (χ0v) is 19.0. The highest BCUT2D eigenvalue weighted by Gasteiger charge is 2.13. The van der Waals surface area contributed by atoms with Gasteiger partial charge in [0.15, 0.2) is 0 Å². The standard InChI is InChI=1S/C16H36O10P2/c1-15(2)27(17,18)25-13-11-23-9-7-21-5-6-22-8-10-24-12-14-26-28(19,20)16(3)4/h15-16H,5-14H2,1-4H3,(H,17,18)(H,19,20)/p-2. The van der Waals surface area contributed by atoms with Gasteiger partial charge in [0.25, 0.3) is 0 Å². The minimum atomic E-state index is -3.78. The molecule has 2 unspecified atom stereocenters. The molecule has 0 rings (SSSR count). The predicted octanol–water partition coefficient (Wildman–Crippen LogP) is 1.01. The molecule has 0 heterocycles. The summed E-state index contributed by atoms with van der Waals surface area (Å²) in [5.41, 5.74) is -1.09. The maximum atomic E-state index is 11.4. The molecule has 12 heteroatoms. The van der Waals surface area contributed by atoms with Crippen molar-refractivity contribution in [1.82, 2.24) is 0 Å². The van der Waals surface area contributed by atoms with Crippen LogP contribution in [0.2, 0.25) is 0 Å². The lowest BCUT2D eigenvalue weighted by atomic mass is 10.6. The van der Waals surface area contributed by atoms with Gasteiger partial charge < -0.3 is 46.9 Å². The van der Waals surface area contributed by atoms with Crippen LogP contribution < -0.4 is 9.79 Å². The fraction of sp³-hybridized carbons (Fsp3) is 1.00. The fourth-order valence-electron chi connectivity index (χ4n) is 1.51. The van der Waals surface area contributed by atoms with Crippen molar-refractivity contribution in [2.75, 3.05) is 66.1 Å². The van der Waals surface area contributed by atoms with Crippen LogP contribution in [0.15, 0.2) is 0 Å². The van der Waals surface area contributed by atoms with Crippen LogP contribution >= 0.6 is 15.2 Å². The number of ether oxygens (including phenoxy) is 4. The van der Waals surface area contributed by atoms with Crippen LogP contribution in [0.3, 0.4) is 0 Å². The lowest BCUT2D eigenvalue weighted by Gasteiger charge is -2.26. The highest BCUT2D eigenvalue weighted by Crippen LogP contribution is 2.42. The van der Waals surface area contributed by atoms with Crippen LogP contribution in [-0.2, 0) is 37.1 Å². The molecule has 0 saturated carbocycles. The van der Waals surface area contributed by atoms with Crippen molar-refractivity contribution >= 4 is 15.2 Å². The molecule has 0 aromatic rings. The van der Waals surface area contributed by atoms with E-state index in [2.05, 4.69) is 0 Å². The smallest absolute Gasteiger partial charge is 0.137 e. The first-order valence-electron chi connectivity index (χ1n) is 9.31. The number of rotatable bonds is 19. The maximum Gasteiger partial charge on any atom is 0.137 e. The summed E-state index contributed by atoms with van der Waals surface area (Å²) in [7, 11) is -7.57. The molecule has 0 fully saturated rings. The Morgan fingerprint density at radius 3 is 0.964 bits per heavy atom. The van der Waals surface area contributed by atoms with Gasteiger partial charge in [0.2, 0.25) is 0 Å². The zero-order valence-electron chi connectivity index (χ0n) is 17.2. The van der Waals surface area contributed by atoms with E-state index in [1.165, 1.54) is 0 Å². The van der Waals surface area contributed by atoms with Gasteiger partial charge in [-0.3, -0.25) is 0 Å². The molecule has 10 nitrogen and oxygen atoms in total. The summed E-state index contributed by atoms with van der Waals surface area (Å²) in [6.45, 7) is 8.76. The molecule has 170 valence electrons. The van der Waals surface area contributed by atoms with Gasteiger partial charge in [0, 0.05) is 11.3 Å². The Morgan fingerprint density at radius 1 is 0.536 bits per heavy atom. The molecule has 0 bridgehead atoms. The van der Waals surface area contributed by atoms with E-state index in [4.69, 9.17) is 28.0 Å². The summed E-state index contributed by atoms with van der Waals surface area (Å²) in [6, 6.07) is 0. The molecule has 0 amide bonds. The van der Waals surface area contributed by atoms with E-state index in [1.807, 2.05) is 0 Å². The highest BCUT2D eigenvalue weighted by atomic mass is 31.2. The molecule has 0 aliphatic rings. The normalized spacial score (nSPS) is 16.4. The van der Waals surface area contributed by atoms with Gasteiger partial charge >= 0.3 is 0 Å². The molecule has 0 aliphatic heterocycles. The van der Waals surface area contributed by atoms with E-state index in [1.54, 1.807) is 27.7 Å². The summed E-state index contributed by atoms with van der Waals surface area (Å²) in [4.78, 5) is 22.8. The van der Waals surface area contributed by atoms with E-state index in [-0.39, 0.29) is 26.4 Å². The predicted molar refractivity (Wildman–Crippen MR) is 101 cm³/mol. The fourth-order valence-corrected chi connectivity index (χ4v) is 2.76. The largest absolute Gasteiger partial charge is 0.778 e. The van der Waals surface area contributed by atoms with Crippen LogP contribution in [0.25, 0.3) is 0 Å². The second kappa shape index (κ2) is 15.9. The second-order valence-corrected chi connectivity index (χ2v) is 11.1. The van der Waals surface area contributed by atoms with Gasteiger partial charge in [-0.15, -0.1) is 0 Å². The van der Waals surface area contributed by atoms with Crippen molar-refractivity contribution in [2.45, 2.75) is 39.0 Å². The second-order valence-electron chi connectivity index (χ2n) is 6.38. The molecule has 0 spiro atoms. The van der Waals surface area contributed by atoms with Crippen LogP contribution in [0.1, 0.15) is 27.7 Å². The Morgan fingerprint density at radius 2 is 0.750 bits per heavy atom. The average Bonchev–Trinajstić information content (AvgIpc) is 2.60. The molecular weight excluding hydrogens is 414 g/mol. The lowest BCUT2D eigenvalue weighted by Crippen LogP contribution is -2.17. The van der Waals surface area contributed by atoms with Crippen molar-refractivity contribution in [2.24, 2.45) is 0 Å². The Bertz CT molecular complexity index is 430. The summed E-state index contributed by atoms with van der Waals surface area (Å²) >= 11 is 0. The first-order valence-corrected chi connectivity index (χ1v) is 12.5. The van der Waals surface area contributed by atoms with Crippen molar-refractivity contribution in [3.05, 3.63) is 0 Å². The quantitative estimate of drug-likeness (QED) is 0.208. The highest BCUT2D eigenvalue weighted by molar-refractivity contribution is 7.52. The molecule has 0 aromatic carbocycles. The first kappa shape index (κ1) is 28.1. The van der Waals surface area contributed by atoms with Crippen LogP contribution in [0, 0.1) is 0 Å². The van der Waals surface area contributed by atoms with Crippen molar-refractivity contribution in [1.29, 1.82) is 0 Å². The summed E-state index contributed by atoms with van der Waals surface area (Å²) in [5.74, 6) is 0. The Kier molecular flexibility index (Phi) is 16.0. The molecule has 0 N–H and O–H groups in total. The molecule has 0 saturated heterocycles. The molecule has 28 heavy (non-hydrogen) atoms. The number of hydrogen-bond acceptors (Lipinski definition) is 10. The number of hydrogen-bond donors (Lipinski definition) is 0. The van der Waals surface area contributed by atoms with Crippen molar-refractivity contribution in [3.63, 3.8) is 0 Å². The van der Waals surface area contributed by atoms with Crippen LogP contribution in [0.5, 0.6) is 0 Å². The van der Waals surface area contributed by atoms with E-state index < -0.39 is 26.5 Å². The first-order chi connectivity index (χ1) is 13.1. The van der Waals surface area contributed by atoms with Gasteiger partial charge in [-0.1, -0.05) is 27.7 Å². The third-order valence-electron chi connectivity index (χ3n) is 3.38. The van der Waals surface area contributed by atoms with Gasteiger partial charge in [-0.25, -0.2) is 0 Å². The summed E-state index contributed by atoms with van der Waals surface area (Å²) in [6.07, 6.45) is 0. The molecular formula is C16H34O10P2-2. The molecule has 0 aliphatic carbocycles. The van der Waals surface area contributed by atoms with E-state index in [9.17, 15) is 18.9 Å². The van der Waals surface area contributed by atoms with E-state index >= 15 is 0 Å². The van der Waals surface area contributed by atoms with E-state index in [0.717, 1.165) is 0 Å². The van der Waals surface area contributed by atoms with Crippen LogP contribution in [0.4, 0.5) is 0 Å². The Hall–Kier alpha value is 0.140. The Labute approximate surface area is 167 Å². The maximum absolute atomic E-state index is 11.4. The molecule has 0 aromatic heterocycles. The van der Waals surface area contributed by atoms with Gasteiger partial charge in [0.1, 0.15) is 15.2 Å². The summed E-state index contributed by atoms with van der Waals surface area (Å²) in [5, 5.41) is 0. The van der Waals surface area contributed by atoms with Crippen molar-refractivity contribution in [3.8, 4) is 0 Å². The van der Waals surface area contributed by atoms with E-state index in [0.29, 0.717) is 39.6 Å². The SMILES string of the molecule is CC(C)P(=O)([O-])OCCOCCOCCOCCOCCOP(=O)([O-])C(C)C. The monoisotopic (exact) mass is 448 g/mol. The van der Waals surface area contributed by atoms with Gasteiger partial charge in [0.05, 0.1) is 66.1 Å². The van der Waals surface area contributed by atoms with Crippen molar-refractivity contribution < 1.29 is 46.9 Å².